The second-order valence-corrected chi connectivity index (χ2v) is 4.32. The Bertz CT molecular complexity index is 448. The van der Waals surface area contributed by atoms with Gasteiger partial charge in [-0.15, -0.1) is 0 Å². The van der Waals surface area contributed by atoms with Gasteiger partial charge in [-0.3, -0.25) is 9.59 Å². The fourth-order valence-corrected chi connectivity index (χ4v) is 1.57. The van der Waals surface area contributed by atoms with Gasteiger partial charge >= 0.3 is 5.97 Å². The van der Waals surface area contributed by atoms with Crippen molar-refractivity contribution < 1.29 is 19.1 Å². The van der Waals surface area contributed by atoms with Crippen molar-refractivity contribution >= 4 is 11.9 Å². The van der Waals surface area contributed by atoms with Gasteiger partial charge in [-0.1, -0.05) is 12.1 Å². The van der Waals surface area contributed by atoms with Crippen LogP contribution in [0, 0.1) is 5.82 Å². The number of carbonyl (C=O) groups excluding carboxylic acids is 1. The number of carboxylic acids is 1. The van der Waals surface area contributed by atoms with Crippen molar-refractivity contribution in [3.8, 4) is 0 Å². The molecule has 0 saturated carbocycles. The third-order valence-electron chi connectivity index (χ3n) is 2.73. The van der Waals surface area contributed by atoms with Gasteiger partial charge in [-0.25, -0.2) is 4.39 Å². The molecule has 1 aromatic carbocycles. The molecule has 0 radical (unpaired) electrons. The summed E-state index contributed by atoms with van der Waals surface area (Å²) in [4.78, 5) is 22.1. The first kappa shape index (κ1) is 15.1. The average molecular weight is 268 g/mol. The van der Waals surface area contributed by atoms with Gasteiger partial charge in [-0.05, 0) is 31.0 Å². The Hall–Kier alpha value is -1.95. The maximum Gasteiger partial charge on any atom is 0.303 e. The number of hydrogen-bond donors (Lipinski definition) is 3. The molecule has 19 heavy (non-hydrogen) atoms. The molecule has 1 amide bonds. The quantitative estimate of drug-likeness (QED) is 0.722. The van der Waals surface area contributed by atoms with E-state index >= 15 is 0 Å². The van der Waals surface area contributed by atoms with Crippen LogP contribution in [0.15, 0.2) is 24.3 Å². The molecule has 0 aliphatic carbocycles. The van der Waals surface area contributed by atoms with E-state index in [0.29, 0.717) is 0 Å². The molecule has 0 aliphatic heterocycles. The number of nitrogens with one attached hydrogen (secondary N) is 1. The Morgan fingerprint density at radius 2 is 1.95 bits per heavy atom. The number of aliphatic carboxylic acids is 1. The summed E-state index contributed by atoms with van der Waals surface area (Å²) in [6, 6.07) is 4.58. The minimum atomic E-state index is -0.991. The van der Waals surface area contributed by atoms with Crippen LogP contribution in [0.4, 0.5) is 4.39 Å². The van der Waals surface area contributed by atoms with E-state index in [1.54, 1.807) is 19.1 Å². The first-order chi connectivity index (χ1) is 8.90. The van der Waals surface area contributed by atoms with E-state index in [-0.39, 0.29) is 24.7 Å². The number of carboxylic acid groups (broad SMARTS) is 1. The Morgan fingerprint density at radius 1 is 1.37 bits per heavy atom. The lowest BCUT2D eigenvalue weighted by Crippen LogP contribution is -2.41. The van der Waals surface area contributed by atoms with E-state index in [2.05, 4.69) is 5.32 Å². The van der Waals surface area contributed by atoms with Crippen LogP contribution in [0.5, 0.6) is 0 Å². The van der Waals surface area contributed by atoms with Crippen molar-refractivity contribution in [2.24, 2.45) is 5.73 Å². The molecule has 1 rings (SSSR count). The summed E-state index contributed by atoms with van der Waals surface area (Å²) in [6.45, 7) is 1.75. The lowest BCUT2D eigenvalue weighted by atomic mass is 10.1. The number of hydrogen-bond acceptors (Lipinski definition) is 3. The van der Waals surface area contributed by atoms with Gasteiger partial charge in [0, 0.05) is 6.42 Å². The van der Waals surface area contributed by atoms with Crippen LogP contribution in [0.25, 0.3) is 0 Å². The number of halogens is 1. The molecule has 1 aromatic rings. The molecule has 5 nitrogen and oxygen atoms in total. The van der Waals surface area contributed by atoms with Crippen LogP contribution in [0.3, 0.4) is 0 Å². The molecule has 0 aromatic heterocycles. The number of benzene rings is 1. The van der Waals surface area contributed by atoms with Gasteiger partial charge in [0.2, 0.25) is 5.91 Å². The van der Waals surface area contributed by atoms with Crippen molar-refractivity contribution in [1.29, 1.82) is 0 Å². The highest BCUT2D eigenvalue weighted by atomic mass is 19.1. The van der Waals surface area contributed by atoms with Crippen LogP contribution < -0.4 is 11.1 Å². The minimum Gasteiger partial charge on any atom is -0.481 e. The van der Waals surface area contributed by atoms with Crippen molar-refractivity contribution in [2.45, 2.75) is 31.8 Å². The molecule has 0 fully saturated rings. The molecule has 1 unspecified atom stereocenters. The van der Waals surface area contributed by atoms with Crippen LogP contribution >= 0.6 is 0 Å². The summed E-state index contributed by atoms with van der Waals surface area (Å²) in [5, 5.41) is 11.2. The highest BCUT2D eigenvalue weighted by Gasteiger charge is 2.17. The Balaban J connectivity index is 2.51. The van der Waals surface area contributed by atoms with Gasteiger partial charge in [0.15, 0.2) is 0 Å². The van der Waals surface area contributed by atoms with E-state index in [0.717, 1.165) is 5.56 Å². The lowest BCUT2D eigenvalue weighted by Gasteiger charge is -2.17. The van der Waals surface area contributed by atoms with Gasteiger partial charge in [0.1, 0.15) is 5.82 Å². The van der Waals surface area contributed by atoms with Gasteiger partial charge < -0.3 is 16.2 Å². The SMILES string of the molecule is C[C@H](NC(=O)C(N)CCC(=O)O)c1ccc(F)cc1. The molecule has 0 saturated heterocycles. The Morgan fingerprint density at radius 3 is 2.47 bits per heavy atom. The van der Waals surface area contributed by atoms with Crippen LogP contribution in [-0.2, 0) is 9.59 Å². The smallest absolute Gasteiger partial charge is 0.303 e. The molecule has 0 aliphatic rings. The highest BCUT2D eigenvalue weighted by Crippen LogP contribution is 2.13. The molecule has 0 spiro atoms. The zero-order valence-electron chi connectivity index (χ0n) is 10.6. The van der Waals surface area contributed by atoms with Crippen LogP contribution in [-0.4, -0.2) is 23.0 Å². The number of carbonyl (C=O) groups is 2. The molecule has 0 heterocycles. The first-order valence-electron chi connectivity index (χ1n) is 5.93. The van der Waals surface area contributed by atoms with E-state index in [4.69, 9.17) is 10.8 Å². The molecule has 4 N–H and O–H groups in total. The van der Waals surface area contributed by atoms with Crippen molar-refractivity contribution in [3.63, 3.8) is 0 Å². The summed E-state index contributed by atoms with van der Waals surface area (Å²) < 4.78 is 12.8. The normalized spacial score (nSPS) is 13.6. The van der Waals surface area contributed by atoms with Gasteiger partial charge in [-0.2, -0.15) is 0 Å². The predicted molar refractivity (Wildman–Crippen MR) is 67.8 cm³/mol. The van der Waals surface area contributed by atoms with Crippen LogP contribution in [0.1, 0.15) is 31.4 Å². The first-order valence-corrected chi connectivity index (χ1v) is 5.93. The predicted octanol–water partition coefficient (Wildman–Crippen LogP) is 1.19. The summed E-state index contributed by atoms with van der Waals surface area (Å²) in [6.07, 6.45) is -0.0726. The standard InChI is InChI=1S/C13H17FN2O3/c1-8(9-2-4-10(14)5-3-9)16-13(19)11(15)6-7-12(17)18/h2-5,8,11H,6-7,15H2,1H3,(H,16,19)(H,17,18)/t8-,11?/m0/s1. The zero-order valence-corrected chi connectivity index (χ0v) is 10.6. The zero-order chi connectivity index (χ0) is 14.4. The second-order valence-electron chi connectivity index (χ2n) is 4.32. The summed E-state index contributed by atoms with van der Waals surface area (Å²) >= 11 is 0. The van der Waals surface area contributed by atoms with Crippen molar-refractivity contribution in [2.75, 3.05) is 0 Å². The van der Waals surface area contributed by atoms with E-state index in [1.165, 1.54) is 12.1 Å². The van der Waals surface area contributed by atoms with E-state index < -0.39 is 17.9 Å². The molecule has 0 bridgehead atoms. The average Bonchev–Trinajstić information content (AvgIpc) is 2.36. The maximum atomic E-state index is 12.8. The molecule has 6 heteroatoms. The third kappa shape index (κ3) is 5.05. The largest absolute Gasteiger partial charge is 0.481 e. The lowest BCUT2D eigenvalue weighted by molar-refractivity contribution is -0.137. The maximum absolute atomic E-state index is 12.8. The Labute approximate surface area is 110 Å². The number of amides is 1. The number of rotatable bonds is 6. The van der Waals surface area contributed by atoms with E-state index in [1.807, 2.05) is 0 Å². The fourth-order valence-electron chi connectivity index (χ4n) is 1.57. The topological polar surface area (TPSA) is 92.4 Å². The fraction of sp³-hybridized carbons (Fsp3) is 0.385. The van der Waals surface area contributed by atoms with Gasteiger partial charge in [0.25, 0.3) is 0 Å². The van der Waals surface area contributed by atoms with Crippen molar-refractivity contribution in [1.82, 2.24) is 5.32 Å². The Kier molecular flexibility index (Phi) is 5.44. The van der Waals surface area contributed by atoms with E-state index in [9.17, 15) is 14.0 Å². The van der Waals surface area contributed by atoms with Crippen molar-refractivity contribution in [3.05, 3.63) is 35.6 Å². The minimum absolute atomic E-state index is 0.0807. The highest BCUT2D eigenvalue weighted by molar-refractivity contribution is 5.82. The summed E-state index contributed by atoms with van der Waals surface area (Å²) in [5.74, 6) is -1.76. The molecular formula is C13H17FN2O3. The summed E-state index contributed by atoms with van der Waals surface area (Å²) in [5.41, 5.74) is 6.33. The molecule has 104 valence electrons. The molecular weight excluding hydrogens is 251 g/mol. The monoisotopic (exact) mass is 268 g/mol. The number of nitrogens with two attached hydrogens (primary N) is 1. The van der Waals surface area contributed by atoms with Crippen LogP contribution in [0.2, 0.25) is 0 Å². The molecule has 2 atom stereocenters. The van der Waals surface area contributed by atoms with Gasteiger partial charge in [0.05, 0.1) is 12.1 Å². The summed E-state index contributed by atoms with van der Waals surface area (Å²) in [7, 11) is 0. The third-order valence-corrected chi connectivity index (χ3v) is 2.73. The second kappa shape index (κ2) is 6.84.